The third-order valence-corrected chi connectivity index (χ3v) is 4.37. The first kappa shape index (κ1) is 18.8. The second-order valence-electron chi connectivity index (χ2n) is 5.78. The summed E-state index contributed by atoms with van der Waals surface area (Å²) in [6.07, 6.45) is 3.56. The Kier molecular flexibility index (Phi) is 5.66. The molecule has 0 aliphatic rings. The number of ether oxygens (including phenoxy) is 3. The summed E-state index contributed by atoms with van der Waals surface area (Å²) in [4.78, 5) is 0. The van der Waals surface area contributed by atoms with Crippen molar-refractivity contribution in [2.75, 3.05) is 21.3 Å². The van der Waals surface area contributed by atoms with Crippen LogP contribution in [0, 0.1) is 0 Å². The molecule has 2 aromatic carbocycles. The van der Waals surface area contributed by atoms with Crippen LogP contribution in [0.4, 0.5) is 0 Å². The minimum Gasteiger partial charge on any atom is -0.493 e. The van der Waals surface area contributed by atoms with Crippen molar-refractivity contribution in [3.05, 3.63) is 58.5 Å². The van der Waals surface area contributed by atoms with Crippen molar-refractivity contribution in [2.45, 2.75) is 0 Å². The molecule has 0 saturated carbocycles. The van der Waals surface area contributed by atoms with Crippen molar-refractivity contribution >= 4 is 28.7 Å². The molecule has 0 radical (unpaired) electrons. The Morgan fingerprint density at radius 1 is 0.963 bits per heavy atom. The summed E-state index contributed by atoms with van der Waals surface area (Å²) in [5.74, 6) is 1.66. The van der Waals surface area contributed by atoms with Gasteiger partial charge in [0, 0.05) is 29.2 Å². The maximum atomic E-state index is 6.10. The summed E-state index contributed by atoms with van der Waals surface area (Å²) in [5.41, 5.74) is 1.76. The van der Waals surface area contributed by atoms with Crippen molar-refractivity contribution in [1.82, 2.24) is 4.57 Å². The molecule has 7 heteroatoms. The number of rotatable bonds is 5. The molecule has 140 valence electrons. The van der Waals surface area contributed by atoms with Gasteiger partial charge in [-0.2, -0.15) is 10.2 Å². The number of aryl methyl sites for hydroxylation is 1. The average Bonchev–Trinajstić information content (AvgIpc) is 2.69. The van der Waals surface area contributed by atoms with Crippen LogP contribution in [0.3, 0.4) is 0 Å². The smallest absolute Gasteiger partial charge is 0.203 e. The third kappa shape index (κ3) is 3.90. The van der Waals surface area contributed by atoms with Crippen LogP contribution in [0.2, 0.25) is 5.02 Å². The molecule has 0 bridgehead atoms. The van der Waals surface area contributed by atoms with E-state index in [0.29, 0.717) is 22.3 Å². The Bertz CT molecular complexity index is 1050. The van der Waals surface area contributed by atoms with Crippen molar-refractivity contribution in [2.24, 2.45) is 17.3 Å². The van der Waals surface area contributed by atoms with E-state index in [9.17, 15) is 0 Å². The largest absolute Gasteiger partial charge is 0.493 e. The van der Waals surface area contributed by atoms with E-state index in [4.69, 9.17) is 25.8 Å². The fraction of sp³-hybridized carbons (Fsp3) is 0.200. The van der Waals surface area contributed by atoms with Gasteiger partial charge in [0.2, 0.25) is 5.75 Å². The van der Waals surface area contributed by atoms with Crippen LogP contribution in [0.1, 0.15) is 5.56 Å². The van der Waals surface area contributed by atoms with Gasteiger partial charge in [-0.15, -0.1) is 0 Å². The molecule has 0 unspecified atom stereocenters. The second-order valence-corrected chi connectivity index (χ2v) is 6.21. The molecule has 3 rings (SSSR count). The molecule has 3 aromatic rings. The predicted molar refractivity (Wildman–Crippen MR) is 107 cm³/mol. The van der Waals surface area contributed by atoms with E-state index in [-0.39, 0.29) is 0 Å². The summed E-state index contributed by atoms with van der Waals surface area (Å²) in [6, 6.07) is 11.2. The van der Waals surface area contributed by atoms with Gasteiger partial charge in [0.15, 0.2) is 11.5 Å². The number of nitrogens with zero attached hydrogens (tertiary/aromatic N) is 3. The van der Waals surface area contributed by atoms with Gasteiger partial charge in [-0.05, 0) is 36.4 Å². The topological polar surface area (TPSA) is 57.3 Å². The molecule has 0 fully saturated rings. The molecule has 0 amide bonds. The van der Waals surface area contributed by atoms with Gasteiger partial charge in [0.25, 0.3) is 0 Å². The number of hydrogen-bond acceptors (Lipinski definition) is 5. The van der Waals surface area contributed by atoms with Crippen LogP contribution in [-0.4, -0.2) is 32.1 Å². The highest BCUT2D eigenvalue weighted by atomic mass is 35.5. The molecule has 6 nitrogen and oxygen atoms in total. The van der Waals surface area contributed by atoms with Crippen LogP contribution in [0.15, 0.2) is 52.8 Å². The van der Waals surface area contributed by atoms with Gasteiger partial charge in [-0.1, -0.05) is 11.6 Å². The molecule has 0 saturated heterocycles. The highest BCUT2D eigenvalue weighted by Crippen LogP contribution is 2.37. The average molecular weight is 386 g/mol. The second kappa shape index (κ2) is 8.14. The van der Waals surface area contributed by atoms with Crippen LogP contribution in [0.5, 0.6) is 17.2 Å². The zero-order chi connectivity index (χ0) is 19.4. The fourth-order valence-corrected chi connectivity index (χ4v) is 2.95. The SMILES string of the molecule is COc1cc(/C=N/N=c2\ccn(C)c3cc(Cl)ccc23)cc(OC)c1OC. The predicted octanol–water partition coefficient (Wildman–Crippen LogP) is 3.79. The molecule has 0 spiro atoms. The number of fused-ring (bicyclic) bond motifs is 1. The Labute approximate surface area is 162 Å². The van der Waals surface area contributed by atoms with Gasteiger partial charge in [-0.3, -0.25) is 0 Å². The first-order valence-corrected chi connectivity index (χ1v) is 8.57. The molecule has 0 N–H and O–H groups in total. The van der Waals surface area contributed by atoms with Crippen LogP contribution < -0.4 is 19.6 Å². The van der Waals surface area contributed by atoms with Gasteiger partial charge >= 0.3 is 0 Å². The Hall–Kier alpha value is -2.99. The Balaban J connectivity index is 2.03. The Morgan fingerprint density at radius 2 is 1.67 bits per heavy atom. The van der Waals surface area contributed by atoms with Gasteiger partial charge in [0.05, 0.1) is 38.4 Å². The molecule has 0 atom stereocenters. The zero-order valence-electron chi connectivity index (χ0n) is 15.6. The molecule has 1 heterocycles. The summed E-state index contributed by atoms with van der Waals surface area (Å²) < 4.78 is 18.0. The molecule has 0 aliphatic heterocycles. The van der Waals surface area contributed by atoms with Gasteiger partial charge in [-0.25, -0.2) is 0 Å². The van der Waals surface area contributed by atoms with E-state index in [1.165, 1.54) is 0 Å². The molecule has 0 aliphatic carbocycles. The van der Waals surface area contributed by atoms with Gasteiger partial charge in [0.1, 0.15) is 0 Å². The van der Waals surface area contributed by atoms with E-state index >= 15 is 0 Å². The number of halogens is 1. The van der Waals surface area contributed by atoms with Crippen molar-refractivity contribution in [3.63, 3.8) is 0 Å². The highest BCUT2D eigenvalue weighted by Gasteiger charge is 2.12. The van der Waals surface area contributed by atoms with Gasteiger partial charge < -0.3 is 18.8 Å². The Morgan fingerprint density at radius 3 is 2.30 bits per heavy atom. The lowest BCUT2D eigenvalue weighted by Crippen LogP contribution is -2.06. The summed E-state index contributed by atoms with van der Waals surface area (Å²) >= 11 is 6.10. The maximum absolute atomic E-state index is 6.10. The standard InChI is InChI=1S/C20H20ClN3O3/c1-24-8-7-16(15-6-5-14(21)11-17(15)24)23-22-12-13-9-18(25-2)20(27-4)19(10-13)26-3/h5-12H,1-4H3/b22-12+,23-16+. The zero-order valence-corrected chi connectivity index (χ0v) is 16.3. The quantitative estimate of drug-likeness (QED) is 0.496. The summed E-state index contributed by atoms with van der Waals surface area (Å²) in [5, 5.41) is 11.0. The van der Waals surface area contributed by atoms with Crippen LogP contribution in [-0.2, 0) is 7.05 Å². The minimum absolute atomic E-state index is 0.535. The molecule has 27 heavy (non-hydrogen) atoms. The van der Waals surface area contributed by atoms with E-state index in [1.807, 2.05) is 54.2 Å². The van der Waals surface area contributed by atoms with E-state index < -0.39 is 0 Å². The monoisotopic (exact) mass is 385 g/mol. The number of hydrogen-bond donors (Lipinski definition) is 0. The summed E-state index contributed by atoms with van der Waals surface area (Å²) in [6.45, 7) is 0. The van der Waals surface area contributed by atoms with Crippen molar-refractivity contribution in [3.8, 4) is 17.2 Å². The van der Waals surface area contributed by atoms with Crippen LogP contribution in [0.25, 0.3) is 10.9 Å². The molecular formula is C20H20ClN3O3. The number of methoxy groups -OCH3 is 3. The number of aromatic nitrogens is 1. The van der Waals surface area contributed by atoms with E-state index in [0.717, 1.165) is 21.8 Å². The lowest BCUT2D eigenvalue weighted by Gasteiger charge is -2.12. The lowest BCUT2D eigenvalue weighted by molar-refractivity contribution is 0.324. The first-order valence-electron chi connectivity index (χ1n) is 8.19. The third-order valence-electron chi connectivity index (χ3n) is 4.13. The minimum atomic E-state index is 0.535. The van der Waals surface area contributed by atoms with E-state index in [1.54, 1.807) is 27.5 Å². The normalized spacial score (nSPS) is 12.0. The summed E-state index contributed by atoms with van der Waals surface area (Å²) in [7, 11) is 6.67. The number of pyridine rings is 1. The van der Waals surface area contributed by atoms with Crippen LogP contribution >= 0.6 is 11.6 Å². The van der Waals surface area contributed by atoms with Crippen molar-refractivity contribution < 1.29 is 14.2 Å². The van der Waals surface area contributed by atoms with E-state index in [2.05, 4.69) is 10.2 Å². The lowest BCUT2D eigenvalue weighted by atomic mass is 10.2. The maximum Gasteiger partial charge on any atom is 0.203 e. The number of benzene rings is 2. The molecular weight excluding hydrogens is 366 g/mol. The highest BCUT2D eigenvalue weighted by molar-refractivity contribution is 6.31. The van der Waals surface area contributed by atoms with Crippen molar-refractivity contribution in [1.29, 1.82) is 0 Å². The fourth-order valence-electron chi connectivity index (χ4n) is 2.79. The first-order chi connectivity index (χ1) is 13.1. The molecule has 1 aromatic heterocycles.